The Kier molecular flexibility index (Phi) is 7.56. The minimum atomic E-state index is -0.251. The van der Waals surface area contributed by atoms with Crippen LogP contribution >= 0.6 is 0 Å². The van der Waals surface area contributed by atoms with E-state index in [4.69, 9.17) is 0 Å². The third-order valence-corrected chi connectivity index (χ3v) is 6.56. The van der Waals surface area contributed by atoms with Crippen molar-refractivity contribution < 1.29 is 0 Å². The maximum atomic E-state index is 2.82. The molecule has 0 spiro atoms. The average Bonchev–Trinajstić information content (AvgIpc) is 2.23. The van der Waals surface area contributed by atoms with E-state index in [1.807, 2.05) is 0 Å². The van der Waals surface area contributed by atoms with Gasteiger partial charge >= 0.3 is 0 Å². The maximum absolute atomic E-state index is 2.82. The van der Waals surface area contributed by atoms with E-state index in [0.29, 0.717) is 0 Å². The molecular formula is C12H28NSi. The Morgan fingerprint density at radius 3 is 1.43 bits per heavy atom. The van der Waals surface area contributed by atoms with Crippen molar-refractivity contribution in [2.45, 2.75) is 78.6 Å². The summed E-state index contributed by atoms with van der Waals surface area (Å²) in [6, 6.07) is 4.32. The van der Waals surface area contributed by atoms with Crippen LogP contribution in [-0.4, -0.2) is 25.6 Å². The molecule has 0 N–H and O–H groups in total. The number of hydrogen-bond acceptors (Lipinski definition) is 1. The van der Waals surface area contributed by atoms with Gasteiger partial charge in [0.05, 0.1) is 0 Å². The fourth-order valence-electron chi connectivity index (χ4n) is 2.07. The lowest BCUT2D eigenvalue weighted by molar-refractivity contribution is 0.259. The molecule has 0 bridgehead atoms. The van der Waals surface area contributed by atoms with Crippen LogP contribution in [0, 0.1) is 0 Å². The van der Waals surface area contributed by atoms with Crippen LogP contribution in [0.5, 0.6) is 0 Å². The number of rotatable bonds is 7. The van der Waals surface area contributed by atoms with Crippen LogP contribution in [0.3, 0.4) is 0 Å². The summed E-state index contributed by atoms with van der Waals surface area (Å²) in [4.78, 5) is 0. The smallest absolute Gasteiger partial charge is 0.136 e. The molecule has 2 heteroatoms. The second kappa shape index (κ2) is 7.47. The van der Waals surface area contributed by atoms with Gasteiger partial charge < -0.3 is 4.57 Å². The Bertz CT molecular complexity index is 124. The summed E-state index contributed by atoms with van der Waals surface area (Å²) in [7, 11) is -0.251. The molecule has 2 atom stereocenters. The van der Waals surface area contributed by atoms with Crippen LogP contribution in [0.25, 0.3) is 0 Å². The molecule has 0 heterocycles. The van der Waals surface area contributed by atoms with Gasteiger partial charge in [0.15, 0.2) is 0 Å². The van der Waals surface area contributed by atoms with Crippen molar-refractivity contribution in [3.05, 3.63) is 0 Å². The molecular weight excluding hydrogens is 186 g/mol. The van der Waals surface area contributed by atoms with Crippen LogP contribution in [0.4, 0.5) is 0 Å². The molecule has 1 radical (unpaired) electrons. The molecule has 0 saturated heterocycles. The molecule has 1 nitrogen and oxygen atoms in total. The molecule has 0 fully saturated rings. The van der Waals surface area contributed by atoms with Crippen molar-refractivity contribution in [3.8, 4) is 0 Å². The first-order valence-electron chi connectivity index (χ1n) is 6.25. The fourth-order valence-corrected chi connectivity index (χ4v) is 4.91. The summed E-state index contributed by atoms with van der Waals surface area (Å²) >= 11 is 0. The Morgan fingerprint density at radius 1 is 0.857 bits per heavy atom. The van der Waals surface area contributed by atoms with E-state index in [2.05, 4.69) is 46.1 Å². The largest absolute Gasteiger partial charge is 0.319 e. The van der Waals surface area contributed by atoms with E-state index in [1.165, 1.54) is 24.9 Å². The van der Waals surface area contributed by atoms with Crippen molar-refractivity contribution in [1.82, 2.24) is 4.57 Å². The zero-order valence-corrected chi connectivity index (χ0v) is 11.9. The standard InChI is InChI=1S/C12H28NSi/c1-7-11(5)13(12(6)8-2)14(9-3)10-4/h11-12H,7-10H2,1-6H3. The normalized spacial score (nSPS) is 16.3. The van der Waals surface area contributed by atoms with Gasteiger partial charge in [-0.1, -0.05) is 41.5 Å². The third-order valence-electron chi connectivity index (χ3n) is 3.31. The molecule has 2 unspecified atom stereocenters. The number of hydrogen-bond donors (Lipinski definition) is 0. The summed E-state index contributed by atoms with van der Waals surface area (Å²) < 4.78 is 2.82. The zero-order chi connectivity index (χ0) is 11.1. The van der Waals surface area contributed by atoms with E-state index < -0.39 is 0 Å². The van der Waals surface area contributed by atoms with E-state index in [1.54, 1.807) is 0 Å². The van der Waals surface area contributed by atoms with Gasteiger partial charge in [0.1, 0.15) is 8.96 Å². The predicted octanol–water partition coefficient (Wildman–Crippen LogP) is 3.92. The summed E-state index contributed by atoms with van der Waals surface area (Å²) in [5.41, 5.74) is 0. The lowest BCUT2D eigenvalue weighted by atomic mass is 10.2. The van der Waals surface area contributed by atoms with Crippen molar-refractivity contribution in [2.75, 3.05) is 0 Å². The Hall–Kier alpha value is 0.177. The van der Waals surface area contributed by atoms with Crippen molar-refractivity contribution in [3.63, 3.8) is 0 Å². The molecule has 14 heavy (non-hydrogen) atoms. The van der Waals surface area contributed by atoms with Crippen LogP contribution in [-0.2, 0) is 0 Å². The molecule has 0 aromatic carbocycles. The summed E-state index contributed by atoms with van der Waals surface area (Å²) in [5.74, 6) is 0. The first-order valence-corrected chi connectivity index (χ1v) is 8.11. The molecule has 0 aliphatic rings. The van der Waals surface area contributed by atoms with Gasteiger partial charge in [0.25, 0.3) is 0 Å². The van der Waals surface area contributed by atoms with E-state index in [-0.39, 0.29) is 8.96 Å². The molecule has 0 aliphatic heterocycles. The monoisotopic (exact) mass is 214 g/mol. The van der Waals surface area contributed by atoms with Crippen LogP contribution in [0.1, 0.15) is 54.4 Å². The first kappa shape index (κ1) is 14.2. The quantitative estimate of drug-likeness (QED) is 0.581. The number of nitrogens with zero attached hydrogens (tertiary/aromatic N) is 1. The van der Waals surface area contributed by atoms with E-state index in [9.17, 15) is 0 Å². The predicted molar refractivity (Wildman–Crippen MR) is 68.1 cm³/mol. The highest BCUT2D eigenvalue weighted by Gasteiger charge is 2.25. The molecule has 85 valence electrons. The van der Waals surface area contributed by atoms with Gasteiger partial charge in [0, 0.05) is 12.1 Å². The third kappa shape index (κ3) is 3.74. The minimum Gasteiger partial charge on any atom is -0.319 e. The Balaban J connectivity index is 4.51. The molecule has 0 rings (SSSR count). The molecule has 0 saturated carbocycles. The van der Waals surface area contributed by atoms with Gasteiger partial charge in [-0.15, -0.1) is 0 Å². The van der Waals surface area contributed by atoms with Crippen molar-refractivity contribution in [1.29, 1.82) is 0 Å². The highest BCUT2D eigenvalue weighted by Crippen LogP contribution is 2.18. The lowest BCUT2D eigenvalue weighted by Gasteiger charge is -2.39. The lowest BCUT2D eigenvalue weighted by Crippen LogP contribution is -2.49. The second-order valence-electron chi connectivity index (χ2n) is 4.20. The van der Waals surface area contributed by atoms with Crippen molar-refractivity contribution >= 4 is 8.96 Å². The molecule has 0 aliphatic carbocycles. The van der Waals surface area contributed by atoms with Crippen molar-refractivity contribution in [2.24, 2.45) is 0 Å². The van der Waals surface area contributed by atoms with Gasteiger partial charge in [0.2, 0.25) is 0 Å². The molecule has 0 aromatic heterocycles. The molecule has 0 aromatic rings. The summed E-state index contributed by atoms with van der Waals surface area (Å²) in [5, 5.41) is 0. The highest BCUT2D eigenvalue weighted by atomic mass is 28.3. The van der Waals surface area contributed by atoms with Crippen LogP contribution < -0.4 is 0 Å². The van der Waals surface area contributed by atoms with Crippen LogP contribution in [0.2, 0.25) is 12.1 Å². The fraction of sp³-hybridized carbons (Fsp3) is 1.00. The van der Waals surface area contributed by atoms with E-state index >= 15 is 0 Å². The van der Waals surface area contributed by atoms with E-state index in [0.717, 1.165) is 12.1 Å². The average molecular weight is 214 g/mol. The van der Waals surface area contributed by atoms with Gasteiger partial charge in [-0.05, 0) is 24.9 Å². The van der Waals surface area contributed by atoms with Gasteiger partial charge in [-0.2, -0.15) is 0 Å². The SMILES string of the molecule is CCC(C)N(C(C)CC)[Si](CC)CC. The van der Waals surface area contributed by atoms with Gasteiger partial charge in [-0.25, -0.2) is 0 Å². The summed E-state index contributed by atoms with van der Waals surface area (Å²) in [6.45, 7) is 14.1. The Labute approximate surface area is 92.6 Å². The maximum Gasteiger partial charge on any atom is 0.136 e. The molecule has 0 amide bonds. The Morgan fingerprint density at radius 2 is 1.21 bits per heavy atom. The van der Waals surface area contributed by atoms with Crippen LogP contribution in [0.15, 0.2) is 0 Å². The second-order valence-corrected chi connectivity index (χ2v) is 7.26. The summed E-state index contributed by atoms with van der Waals surface area (Å²) in [6.07, 6.45) is 2.58. The highest BCUT2D eigenvalue weighted by molar-refractivity contribution is 6.55. The first-order chi connectivity index (χ1) is 6.62. The topological polar surface area (TPSA) is 3.24 Å². The minimum absolute atomic E-state index is 0.251. The van der Waals surface area contributed by atoms with Gasteiger partial charge in [-0.3, -0.25) is 0 Å². The zero-order valence-electron chi connectivity index (χ0n) is 10.9.